The van der Waals surface area contributed by atoms with Crippen molar-refractivity contribution >= 4 is 16.8 Å². The molecule has 29 heavy (non-hydrogen) atoms. The molecule has 2 aromatic heterocycles. The molecule has 2 fully saturated rings. The third-order valence-corrected chi connectivity index (χ3v) is 6.11. The third kappa shape index (κ3) is 3.80. The topological polar surface area (TPSA) is 74.9 Å². The number of hydrogen-bond donors (Lipinski definition) is 1. The van der Waals surface area contributed by atoms with Crippen molar-refractivity contribution in [3.05, 3.63) is 48.3 Å². The first-order valence-electron chi connectivity index (χ1n) is 10.3. The largest absolute Gasteiger partial charge is 0.492 e. The van der Waals surface area contributed by atoms with Crippen molar-refractivity contribution in [1.82, 2.24) is 15.0 Å². The molecule has 0 aliphatic carbocycles. The highest BCUT2D eigenvalue weighted by Crippen LogP contribution is 2.31. The Hall–Kier alpha value is -2.64. The van der Waals surface area contributed by atoms with Crippen LogP contribution in [-0.2, 0) is 6.61 Å². The summed E-state index contributed by atoms with van der Waals surface area (Å²) in [4.78, 5) is 9.15. The number of aromatic nitrogens is 2. The van der Waals surface area contributed by atoms with Gasteiger partial charge in [-0.05, 0) is 37.1 Å². The smallest absolute Gasteiger partial charge is 0.180 e. The molecule has 2 aliphatic rings. The van der Waals surface area contributed by atoms with Crippen LogP contribution in [0.5, 0.6) is 5.75 Å². The Morgan fingerprint density at radius 3 is 2.90 bits per heavy atom. The van der Waals surface area contributed by atoms with Crippen LogP contribution in [0.2, 0.25) is 0 Å². The van der Waals surface area contributed by atoms with E-state index in [1.807, 2.05) is 24.3 Å². The van der Waals surface area contributed by atoms with E-state index in [1.54, 1.807) is 12.3 Å². The van der Waals surface area contributed by atoms with E-state index in [9.17, 15) is 0 Å². The summed E-state index contributed by atoms with van der Waals surface area (Å²) in [7, 11) is 0. The van der Waals surface area contributed by atoms with Gasteiger partial charge in [0.25, 0.3) is 0 Å². The van der Waals surface area contributed by atoms with Crippen LogP contribution in [-0.4, -0.2) is 59.0 Å². The minimum absolute atomic E-state index is 0.0413. The lowest BCUT2D eigenvalue weighted by Gasteiger charge is -2.46. The predicted molar refractivity (Wildman–Crippen MR) is 110 cm³/mol. The molecule has 2 aliphatic heterocycles. The molecule has 152 valence electrons. The predicted octanol–water partition coefficient (Wildman–Crippen LogP) is 2.69. The van der Waals surface area contributed by atoms with Crippen LogP contribution in [0.15, 0.2) is 47.1 Å². The molecule has 0 spiro atoms. The molecule has 7 nitrogen and oxygen atoms in total. The number of anilines is 1. The molecule has 5 rings (SSSR count). The lowest BCUT2D eigenvalue weighted by Crippen LogP contribution is -2.57. The molecule has 0 radical (unpaired) electrons. The quantitative estimate of drug-likeness (QED) is 0.713. The van der Waals surface area contributed by atoms with Gasteiger partial charge in [0.2, 0.25) is 0 Å². The Morgan fingerprint density at radius 2 is 2.03 bits per heavy atom. The number of aliphatic hydroxyl groups is 1. The normalized spacial score (nSPS) is 22.6. The molecule has 2 atom stereocenters. The van der Waals surface area contributed by atoms with Gasteiger partial charge in [-0.15, -0.1) is 0 Å². The zero-order valence-corrected chi connectivity index (χ0v) is 16.4. The van der Waals surface area contributed by atoms with E-state index in [2.05, 4.69) is 26.0 Å². The van der Waals surface area contributed by atoms with Gasteiger partial charge in [0, 0.05) is 38.1 Å². The van der Waals surface area contributed by atoms with E-state index in [0.717, 1.165) is 55.1 Å². The van der Waals surface area contributed by atoms with Crippen LogP contribution in [0.25, 0.3) is 11.0 Å². The minimum atomic E-state index is -0.0413. The van der Waals surface area contributed by atoms with Crippen molar-refractivity contribution < 1.29 is 14.4 Å². The second-order valence-corrected chi connectivity index (χ2v) is 7.99. The first-order chi connectivity index (χ1) is 14.3. The number of fused-ring (bicyclic) bond motifs is 2. The molecule has 2 saturated heterocycles. The number of para-hydroxylation sites is 1. The molecular weight excluding hydrogens is 368 g/mol. The van der Waals surface area contributed by atoms with E-state index in [4.69, 9.17) is 14.4 Å². The fraction of sp³-hybridized carbons (Fsp3) is 0.455. The number of aliphatic hydroxyl groups excluding tert-OH is 1. The van der Waals surface area contributed by atoms with Crippen LogP contribution in [0, 0.1) is 5.92 Å². The molecule has 7 heteroatoms. The fourth-order valence-electron chi connectivity index (χ4n) is 4.49. The van der Waals surface area contributed by atoms with Crippen LogP contribution in [0.1, 0.15) is 18.5 Å². The zero-order chi connectivity index (χ0) is 19.6. The number of nitrogens with zero attached hydrogens (tertiary/aromatic N) is 4. The van der Waals surface area contributed by atoms with Gasteiger partial charge >= 0.3 is 0 Å². The summed E-state index contributed by atoms with van der Waals surface area (Å²) in [6, 6.07) is 12.3. The van der Waals surface area contributed by atoms with Crippen molar-refractivity contribution in [3.63, 3.8) is 0 Å². The molecule has 0 bridgehead atoms. The van der Waals surface area contributed by atoms with Gasteiger partial charge in [0.1, 0.15) is 5.75 Å². The van der Waals surface area contributed by atoms with Crippen molar-refractivity contribution in [1.29, 1.82) is 0 Å². The average molecular weight is 394 g/mol. The number of rotatable bonds is 5. The monoisotopic (exact) mass is 394 g/mol. The number of pyridine rings is 1. The Bertz CT molecular complexity index is 958. The third-order valence-electron chi connectivity index (χ3n) is 6.11. The number of ether oxygens (including phenoxy) is 1. The van der Waals surface area contributed by atoms with Gasteiger partial charge in [0.05, 0.1) is 30.5 Å². The van der Waals surface area contributed by atoms with Crippen LogP contribution in [0.3, 0.4) is 0 Å². The summed E-state index contributed by atoms with van der Waals surface area (Å²) >= 11 is 0. The summed E-state index contributed by atoms with van der Waals surface area (Å²) in [6.45, 7) is 4.74. The van der Waals surface area contributed by atoms with E-state index >= 15 is 0 Å². The summed E-state index contributed by atoms with van der Waals surface area (Å²) in [5.74, 6) is 2.28. The van der Waals surface area contributed by atoms with E-state index in [-0.39, 0.29) is 6.61 Å². The number of piperazine rings is 1. The standard InChI is InChI=1S/C22H26N4O3/c27-14-17-6-8-19(11-23-17)28-15-16-5-7-18-13-26(10-9-25(18)12-16)22-20-3-1-2-4-21(20)29-24-22/h1-4,6,8,11,16,18,27H,5,7,9-10,12-15H2/t16-,18-/m1/s1. The first-order valence-corrected chi connectivity index (χ1v) is 10.3. The Labute approximate surface area is 169 Å². The highest BCUT2D eigenvalue weighted by Gasteiger charge is 2.34. The van der Waals surface area contributed by atoms with Crippen molar-refractivity contribution in [2.75, 3.05) is 37.7 Å². The molecule has 3 aromatic rings. The average Bonchev–Trinajstić information content (AvgIpc) is 3.22. The SMILES string of the molecule is OCc1ccc(OC[C@@H]2CC[C@@H]3CN(c4noc5ccccc45)CCN3C2)cn1. The highest BCUT2D eigenvalue weighted by molar-refractivity contribution is 5.88. The Balaban J connectivity index is 1.17. The van der Waals surface area contributed by atoms with Crippen LogP contribution < -0.4 is 9.64 Å². The zero-order valence-electron chi connectivity index (χ0n) is 16.4. The minimum Gasteiger partial charge on any atom is -0.492 e. The Kier molecular flexibility index (Phi) is 5.08. The lowest BCUT2D eigenvalue weighted by atomic mass is 9.91. The van der Waals surface area contributed by atoms with Gasteiger partial charge in [-0.3, -0.25) is 9.88 Å². The molecule has 0 unspecified atom stereocenters. The molecule has 0 saturated carbocycles. The first kappa shape index (κ1) is 18.4. The van der Waals surface area contributed by atoms with Gasteiger partial charge < -0.3 is 19.3 Å². The van der Waals surface area contributed by atoms with E-state index in [0.29, 0.717) is 24.3 Å². The summed E-state index contributed by atoms with van der Waals surface area (Å²) in [6.07, 6.45) is 4.02. The molecule has 1 aromatic carbocycles. The molecule has 1 N–H and O–H groups in total. The van der Waals surface area contributed by atoms with Gasteiger partial charge in [-0.25, -0.2) is 0 Å². The van der Waals surface area contributed by atoms with Crippen molar-refractivity contribution in [2.24, 2.45) is 5.92 Å². The van der Waals surface area contributed by atoms with Crippen LogP contribution >= 0.6 is 0 Å². The number of hydrogen-bond acceptors (Lipinski definition) is 7. The maximum atomic E-state index is 9.08. The lowest BCUT2D eigenvalue weighted by molar-refractivity contribution is 0.0726. The molecular formula is C22H26N4O3. The Morgan fingerprint density at radius 1 is 1.10 bits per heavy atom. The van der Waals surface area contributed by atoms with Gasteiger partial charge in [0.15, 0.2) is 11.4 Å². The maximum Gasteiger partial charge on any atom is 0.180 e. The number of piperidine rings is 1. The van der Waals surface area contributed by atoms with Crippen LogP contribution in [0.4, 0.5) is 5.82 Å². The van der Waals surface area contributed by atoms with Gasteiger partial charge in [-0.1, -0.05) is 17.3 Å². The van der Waals surface area contributed by atoms with E-state index in [1.165, 1.54) is 6.42 Å². The molecule has 4 heterocycles. The fourth-order valence-corrected chi connectivity index (χ4v) is 4.49. The number of benzene rings is 1. The molecule has 0 amide bonds. The highest BCUT2D eigenvalue weighted by atomic mass is 16.5. The maximum absolute atomic E-state index is 9.08. The van der Waals surface area contributed by atoms with Crippen molar-refractivity contribution in [2.45, 2.75) is 25.5 Å². The van der Waals surface area contributed by atoms with Gasteiger partial charge in [-0.2, -0.15) is 0 Å². The summed E-state index contributed by atoms with van der Waals surface area (Å²) in [5, 5.41) is 14.5. The second-order valence-electron chi connectivity index (χ2n) is 7.99. The second kappa shape index (κ2) is 8.00. The summed E-state index contributed by atoms with van der Waals surface area (Å²) in [5.41, 5.74) is 1.52. The summed E-state index contributed by atoms with van der Waals surface area (Å²) < 4.78 is 11.5. The van der Waals surface area contributed by atoms with E-state index < -0.39 is 0 Å². The van der Waals surface area contributed by atoms with Crippen molar-refractivity contribution in [3.8, 4) is 5.75 Å².